The van der Waals surface area contributed by atoms with E-state index in [9.17, 15) is 13.2 Å². The summed E-state index contributed by atoms with van der Waals surface area (Å²) < 4.78 is 35.8. The van der Waals surface area contributed by atoms with Crippen molar-refractivity contribution >= 4 is 33.3 Å². The highest BCUT2D eigenvalue weighted by atomic mass is 79.9. The second-order valence-electron chi connectivity index (χ2n) is 2.30. The number of aromatic nitrogens is 2. The van der Waals surface area contributed by atoms with Crippen LogP contribution in [0.2, 0.25) is 5.28 Å². The minimum Gasteiger partial charge on any atom is -0.360 e. The molecular weight excluding hydrogens is 286 g/mol. The van der Waals surface area contributed by atoms with Crippen molar-refractivity contribution in [3.63, 3.8) is 0 Å². The predicted molar refractivity (Wildman–Crippen MR) is 49.3 cm³/mol. The topological polar surface area (TPSA) is 37.8 Å². The first-order chi connectivity index (χ1) is 6.38. The van der Waals surface area contributed by atoms with Crippen LogP contribution in [0.15, 0.2) is 10.7 Å². The highest BCUT2D eigenvalue weighted by Crippen LogP contribution is 2.22. The Labute approximate surface area is 90.8 Å². The molecule has 1 heterocycles. The van der Waals surface area contributed by atoms with E-state index >= 15 is 0 Å². The van der Waals surface area contributed by atoms with Gasteiger partial charge in [0.2, 0.25) is 5.28 Å². The van der Waals surface area contributed by atoms with E-state index in [0.29, 0.717) is 4.47 Å². The summed E-state index contributed by atoms with van der Waals surface area (Å²) in [4.78, 5) is 7.14. The first-order valence-corrected chi connectivity index (χ1v) is 4.54. The van der Waals surface area contributed by atoms with Gasteiger partial charge in [-0.25, -0.2) is 4.98 Å². The lowest BCUT2D eigenvalue weighted by molar-refractivity contribution is -0.115. The molecule has 3 nitrogen and oxygen atoms in total. The third kappa shape index (κ3) is 3.67. The van der Waals surface area contributed by atoms with Crippen LogP contribution >= 0.6 is 27.5 Å². The molecule has 0 saturated carbocycles. The largest absolute Gasteiger partial charge is 0.405 e. The van der Waals surface area contributed by atoms with Gasteiger partial charge in [-0.1, -0.05) is 0 Å². The highest BCUT2D eigenvalue weighted by Gasteiger charge is 2.27. The molecule has 0 aliphatic heterocycles. The molecule has 0 amide bonds. The summed E-state index contributed by atoms with van der Waals surface area (Å²) in [6.45, 7) is -1.17. The fourth-order valence-electron chi connectivity index (χ4n) is 0.654. The fourth-order valence-corrected chi connectivity index (χ4v) is 1.12. The molecule has 0 bridgehead atoms. The van der Waals surface area contributed by atoms with Crippen LogP contribution in [0.1, 0.15) is 0 Å². The Morgan fingerprint density at radius 2 is 2.14 bits per heavy atom. The smallest absolute Gasteiger partial charge is 0.360 e. The van der Waals surface area contributed by atoms with Crippen molar-refractivity contribution in [2.75, 3.05) is 11.9 Å². The Bertz CT molecular complexity index is 331. The summed E-state index contributed by atoms with van der Waals surface area (Å²) in [5.41, 5.74) is 0. The van der Waals surface area contributed by atoms with Crippen molar-refractivity contribution in [3.05, 3.63) is 16.0 Å². The molecule has 1 N–H and O–H groups in total. The maximum absolute atomic E-state index is 11.8. The molecule has 1 rings (SSSR count). The number of hydrogen-bond donors (Lipinski definition) is 1. The quantitative estimate of drug-likeness (QED) is 0.851. The molecule has 0 spiro atoms. The summed E-state index contributed by atoms with van der Waals surface area (Å²) in [7, 11) is 0. The van der Waals surface area contributed by atoms with Gasteiger partial charge < -0.3 is 5.32 Å². The van der Waals surface area contributed by atoms with Crippen molar-refractivity contribution in [1.82, 2.24) is 9.97 Å². The van der Waals surface area contributed by atoms with E-state index in [-0.39, 0.29) is 11.1 Å². The van der Waals surface area contributed by atoms with Gasteiger partial charge in [-0.2, -0.15) is 18.2 Å². The molecule has 8 heteroatoms. The van der Waals surface area contributed by atoms with Gasteiger partial charge in [-0.05, 0) is 27.5 Å². The summed E-state index contributed by atoms with van der Waals surface area (Å²) in [6, 6.07) is 0. The van der Waals surface area contributed by atoms with Crippen molar-refractivity contribution < 1.29 is 13.2 Å². The Morgan fingerprint density at radius 3 is 2.71 bits per heavy atom. The molecule has 0 aliphatic rings. The molecule has 0 radical (unpaired) electrons. The minimum absolute atomic E-state index is 0.0160. The normalized spacial score (nSPS) is 11.5. The van der Waals surface area contributed by atoms with E-state index in [1.807, 2.05) is 0 Å². The number of alkyl halides is 3. The molecule has 0 fully saturated rings. The van der Waals surface area contributed by atoms with Crippen molar-refractivity contribution in [1.29, 1.82) is 0 Å². The molecule has 78 valence electrons. The van der Waals surface area contributed by atoms with Crippen LogP contribution in [-0.2, 0) is 0 Å². The SMILES string of the molecule is FC(F)(F)CNc1nc(Cl)ncc1Br. The number of hydrogen-bond acceptors (Lipinski definition) is 3. The Morgan fingerprint density at radius 1 is 1.50 bits per heavy atom. The summed E-state index contributed by atoms with van der Waals surface area (Å²) >= 11 is 8.39. The van der Waals surface area contributed by atoms with E-state index in [2.05, 4.69) is 31.2 Å². The summed E-state index contributed by atoms with van der Waals surface area (Å²) in [6.07, 6.45) is -3.02. The van der Waals surface area contributed by atoms with Gasteiger partial charge in [0, 0.05) is 6.20 Å². The zero-order valence-corrected chi connectivity index (χ0v) is 8.91. The Hall–Kier alpha value is -0.560. The third-order valence-electron chi connectivity index (χ3n) is 1.17. The van der Waals surface area contributed by atoms with Crippen LogP contribution in [-0.4, -0.2) is 22.7 Å². The number of nitrogens with zero attached hydrogens (tertiary/aromatic N) is 2. The van der Waals surface area contributed by atoms with E-state index in [1.54, 1.807) is 0 Å². The van der Waals surface area contributed by atoms with Crippen LogP contribution in [0.25, 0.3) is 0 Å². The molecule has 0 aromatic carbocycles. The zero-order valence-electron chi connectivity index (χ0n) is 6.57. The lowest BCUT2D eigenvalue weighted by Gasteiger charge is -2.09. The van der Waals surface area contributed by atoms with Crippen LogP contribution in [0.3, 0.4) is 0 Å². The average Bonchev–Trinajstić information content (AvgIpc) is 2.05. The first kappa shape index (κ1) is 11.5. The van der Waals surface area contributed by atoms with Crippen molar-refractivity contribution in [2.45, 2.75) is 6.18 Å². The van der Waals surface area contributed by atoms with Crippen molar-refractivity contribution in [2.24, 2.45) is 0 Å². The van der Waals surface area contributed by atoms with Crippen LogP contribution in [0, 0.1) is 0 Å². The van der Waals surface area contributed by atoms with Gasteiger partial charge in [-0.15, -0.1) is 0 Å². The maximum Gasteiger partial charge on any atom is 0.405 e. The molecule has 0 aliphatic carbocycles. The van der Waals surface area contributed by atoms with Gasteiger partial charge in [0.15, 0.2) is 0 Å². The second kappa shape index (κ2) is 4.31. The molecule has 1 aromatic heterocycles. The number of nitrogens with one attached hydrogen (secondary N) is 1. The average molecular weight is 290 g/mol. The standard InChI is InChI=1S/C6H4BrClF3N3/c7-3-1-12-5(8)14-4(3)13-2-6(9,10)11/h1H,2H2,(H,12,13,14). The summed E-state index contributed by atoms with van der Waals surface area (Å²) in [5.74, 6) is 0.0160. The molecule has 0 saturated heterocycles. The molecule has 14 heavy (non-hydrogen) atoms. The highest BCUT2D eigenvalue weighted by molar-refractivity contribution is 9.10. The lowest BCUT2D eigenvalue weighted by Crippen LogP contribution is -2.22. The first-order valence-electron chi connectivity index (χ1n) is 3.37. The Balaban J connectivity index is 2.72. The Kier molecular flexibility index (Phi) is 3.54. The number of rotatable bonds is 2. The summed E-state index contributed by atoms with van der Waals surface area (Å²) in [5, 5.41) is 1.97. The van der Waals surface area contributed by atoms with Gasteiger partial charge in [0.1, 0.15) is 12.4 Å². The minimum atomic E-state index is -4.29. The molecule has 1 aromatic rings. The van der Waals surface area contributed by atoms with E-state index < -0.39 is 12.7 Å². The van der Waals surface area contributed by atoms with Crippen molar-refractivity contribution in [3.8, 4) is 0 Å². The monoisotopic (exact) mass is 289 g/mol. The molecule has 0 atom stereocenters. The van der Waals surface area contributed by atoms with Crippen LogP contribution in [0.4, 0.5) is 19.0 Å². The van der Waals surface area contributed by atoms with E-state index in [4.69, 9.17) is 11.6 Å². The second-order valence-corrected chi connectivity index (χ2v) is 3.50. The van der Waals surface area contributed by atoms with Gasteiger partial charge in [0.25, 0.3) is 0 Å². The van der Waals surface area contributed by atoms with Crippen LogP contribution in [0.5, 0.6) is 0 Å². The van der Waals surface area contributed by atoms with E-state index in [0.717, 1.165) is 0 Å². The predicted octanol–water partition coefficient (Wildman–Crippen LogP) is 2.87. The molecular formula is C6H4BrClF3N3. The lowest BCUT2D eigenvalue weighted by atomic mass is 10.5. The zero-order chi connectivity index (χ0) is 10.8. The fraction of sp³-hybridized carbons (Fsp3) is 0.333. The van der Waals surface area contributed by atoms with Gasteiger partial charge >= 0.3 is 6.18 Å². The van der Waals surface area contributed by atoms with Gasteiger partial charge in [-0.3, -0.25) is 0 Å². The third-order valence-corrected chi connectivity index (χ3v) is 1.93. The maximum atomic E-state index is 11.8. The molecule has 0 unspecified atom stereocenters. The number of halogens is 5. The van der Waals surface area contributed by atoms with Crippen LogP contribution < -0.4 is 5.32 Å². The van der Waals surface area contributed by atoms with E-state index in [1.165, 1.54) is 6.20 Å². The van der Waals surface area contributed by atoms with Gasteiger partial charge in [0.05, 0.1) is 4.47 Å². The number of anilines is 1.